The maximum absolute atomic E-state index is 12.2. The Morgan fingerprint density at radius 1 is 1.04 bits per heavy atom. The van der Waals surface area contributed by atoms with Crippen LogP contribution in [0.1, 0.15) is 72.3 Å². The summed E-state index contributed by atoms with van der Waals surface area (Å²) in [5.74, 6) is -0.0745. The van der Waals surface area contributed by atoms with Crippen molar-refractivity contribution in [2.45, 2.75) is 84.5 Å². The highest BCUT2D eigenvalue weighted by molar-refractivity contribution is 9.10. The maximum atomic E-state index is 12.2. The van der Waals surface area contributed by atoms with Gasteiger partial charge in [0.2, 0.25) is 0 Å². The van der Waals surface area contributed by atoms with Crippen LogP contribution < -0.4 is 0 Å². The van der Waals surface area contributed by atoms with Crippen LogP contribution in [0.4, 0.5) is 0 Å². The van der Waals surface area contributed by atoms with E-state index in [1.54, 1.807) is 0 Å². The second-order valence-corrected chi connectivity index (χ2v) is 9.09. The molecule has 1 fully saturated rings. The van der Waals surface area contributed by atoms with Gasteiger partial charge in [0, 0.05) is 4.47 Å². The highest BCUT2D eigenvalue weighted by Crippen LogP contribution is 2.33. The van der Waals surface area contributed by atoms with Gasteiger partial charge in [-0.2, -0.15) is 0 Å². The third kappa shape index (κ3) is 5.55. The van der Waals surface area contributed by atoms with Gasteiger partial charge < -0.3 is 9.47 Å². The summed E-state index contributed by atoms with van der Waals surface area (Å²) in [5.41, 5.74) is 0.463. The number of carbonyl (C=O) groups excluding carboxylic acids is 1. The van der Waals surface area contributed by atoms with E-state index in [1.165, 1.54) is 5.56 Å². The fourth-order valence-corrected chi connectivity index (χ4v) is 3.32. The monoisotopic (exact) mass is 410 g/mol. The first-order valence-electron chi connectivity index (χ1n) is 9.29. The third-order valence-electron chi connectivity index (χ3n) is 5.33. The summed E-state index contributed by atoms with van der Waals surface area (Å²) >= 11 is 3.47. The minimum absolute atomic E-state index is 0.0361. The first-order chi connectivity index (χ1) is 11.6. The normalized spacial score (nSPS) is 21.8. The third-order valence-corrected chi connectivity index (χ3v) is 5.86. The van der Waals surface area contributed by atoms with Crippen LogP contribution in [0.15, 0.2) is 28.7 Å². The van der Waals surface area contributed by atoms with Crippen molar-refractivity contribution in [2.75, 3.05) is 0 Å². The Morgan fingerprint density at radius 2 is 1.56 bits per heavy atom. The van der Waals surface area contributed by atoms with Crippen molar-refractivity contribution in [3.63, 3.8) is 0 Å². The van der Waals surface area contributed by atoms with Gasteiger partial charge in [-0.3, -0.25) is 4.79 Å². The van der Waals surface area contributed by atoms with Crippen LogP contribution in [0.25, 0.3) is 0 Å². The van der Waals surface area contributed by atoms with Crippen molar-refractivity contribution in [3.05, 3.63) is 34.3 Å². The van der Waals surface area contributed by atoms with Crippen molar-refractivity contribution in [1.82, 2.24) is 0 Å². The number of esters is 1. The zero-order chi connectivity index (χ0) is 18.7. The molecule has 0 aliphatic heterocycles. The number of carbonyl (C=O) groups is 1. The average Bonchev–Trinajstić information content (AvgIpc) is 2.56. The van der Waals surface area contributed by atoms with Gasteiger partial charge in [-0.1, -0.05) is 35.0 Å². The van der Waals surface area contributed by atoms with E-state index in [1.807, 2.05) is 32.9 Å². The second kappa shape index (κ2) is 8.22. The van der Waals surface area contributed by atoms with E-state index in [-0.39, 0.29) is 23.8 Å². The lowest BCUT2D eigenvalue weighted by molar-refractivity contribution is -0.165. The lowest BCUT2D eigenvalue weighted by atomic mass is 9.89. The predicted octanol–water partition coefficient (Wildman–Crippen LogP) is 5.99. The standard InChI is InChI=1S/C21H31BrO3/c1-6-20(2,3)19(23)24-17-11-13-18(14-12-17)25-21(4,5)15-7-9-16(22)10-8-15/h7-10,17-18H,6,11-14H2,1-5H3. The lowest BCUT2D eigenvalue weighted by Crippen LogP contribution is -2.36. The van der Waals surface area contributed by atoms with E-state index in [0.717, 1.165) is 36.6 Å². The van der Waals surface area contributed by atoms with Crippen LogP contribution in [0.5, 0.6) is 0 Å². The molecule has 1 aromatic rings. The largest absolute Gasteiger partial charge is 0.462 e. The molecule has 3 nitrogen and oxygen atoms in total. The molecule has 0 heterocycles. The maximum Gasteiger partial charge on any atom is 0.311 e. The Hall–Kier alpha value is -0.870. The highest BCUT2D eigenvalue weighted by atomic mass is 79.9. The molecule has 1 saturated carbocycles. The molecule has 0 amide bonds. The molecule has 0 atom stereocenters. The minimum atomic E-state index is -0.392. The molecule has 1 aliphatic rings. The smallest absolute Gasteiger partial charge is 0.311 e. The molecule has 0 aromatic heterocycles. The fourth-order valence-electron chi connectivity index (χ4n) is 3.06. The Balaban J connectivity index is 1.86. The van der Waals surface area contributed by atoms with Crippen LogP contribution >= 0.6 is 15.9 Å². The predicted molar refractivity (Wildman–Crippen MR) is 104 cm³/mol. The van der Waals surface area contributed by atoms with Gasteiger partial charge >= 0.3 is 5.97 Å². The van der Waals surface area contributed by atoms with Gasteiger partial charge in [0.05, 0.1) is 17.1 Å². The summed E-state index contributed by atoms with van der Waals surface area (Å²) in [6.45, 7) is 10.2. The van der Waals surface area contributed by atoms with Crippen molar-refractivity contribution in [3.8, 4) is 0 Å². The van der Waals surface area contributed by atoms with Gasteiger partial charge in [-0.15, -0.1) is 0 Å². The van der Waals surface area contributed by atoms with Crippen molar-refractivity contribution >= 4 is 21.9 Å². The first kappa shape index (κ1) is 20.4. The Morgan fingerprint density at radius 3 is 2.08 bits per heavy atom. The van der Waals surface area contributed by atoms with Crippen molar-refractivity contribution < 1.29 is 14.3 Å². The minimum Gasteiger partial charge on any atom is -0.462 e. The average molecular weight is 411 g/mol. The molecule has 0 bridgehead atoms. The molecule has 25 heavy (non-hydrogen) atoms. The molecule has 140 valence electrons. The first-order valence-corrected chi connectivity index (χ1v) is 10.1. The van der Waals surface area contributed by atoms with E-state index in [9.17, 15) is 4.79 Å². The summed E-state index contributed by atoms with van der Waals surface area (Å²) in [5, 5.41) is 0. The molecule has 1 aromatic carbocycles. The highest BCUT2D eigenvalue weighted by Gasteiger charge is 2.33. The number of hydrogen-bond donors (Lipinski definition) is 0. The number of hydrogen-bond acceptors (Lipinski definition) is 3. The van der Waals surface area contributed by atoms with Gasteiger partial charge in [-0.25, -0.2) is 0 Å². The van der Waals surface area contributed by atoms with Crippen LogP contribution in [0, 0.1) is 5.41 Å². The van der Waals surface area contributed by atoms with E-state index in [4.69, 9.17) is 9.47 Å². The summed E-state index contributed by atoms with van der Waals surface area (Å²) in [6.07, 6.45) is 4.68. The molecular weight excluding hydrogens is 380 g/mol. The lowest BCUT2D eigenvalue weighted by Gasteiger charge is -2.36. The molecule has 0 radical (unpaired) electrons. The van der Waals surface area contributed by atoms with E-state index < -0.39 is 5.41 Å². The number of halogens is 1. The van der Waals surface area contributed by atoms with Crippen molar-refractivity contribution in [2.24, 2.45) is 5.41 Å². The van der Waals surface area contributed by atoms with Crippen LogP contribution in [0.3, 0.4) is 0 Å². The van der Waals surface area contributed by atoms with Crippen LogP contribution in [-0.4, -0.2) is 18.2 Å². The zero-order valence-electron chi connectivity index (χ0n) is 16.1. The molecule has 0 N–H and O–H groups in total. The van der Waals surface area contributed by atoms with Gasteiger partial charge in [-0.05, 0) is 77.5 Å². The van der Waals surface area contributed by atoms with Gasteiger partial charge in [0.1, 0.15) is 6.10 Å². The van der Waals surface area contributed by atoms with E-state index in [0.29, 0.717) is 0 Å². The Labute approximate surface area is 160 Å². The zero-order valence-corrected chi connectivity index (χ0v) is 17.7. The van der Waals surface area contributed by atoms with E-state index in [2.05, 4.69) is 41.9 Å². The van der Waals surface area contributed by atoms with Crippen LogP contribution in [-0.2, 0) is 19.9 Å². The quantitative estimate of drug-likeness (QED) is 0.540. The number of ether oxygens (including phenoxy) is 2. The summed E-state index contributed by atoms with van der Waals surface area (Å²) in [6, 6.07) is 8.30. The molecule has 1 aliphatic carbocycles. The second-order valence-electron chi connectivity index (χ2n) is 8.18. The molecule has 0 spiro atoms. The number of rotatable bonds is 6. The number of benzene rings is 1. The van der Waals surface area contributed by atoms with Gasteiger partial charge in [0.15, 0.2) is 0 Å². The van der Waals surface area contributed by atoms with Crippen molar-refractivity contribution in [1.29, 1.82) is 0 Å². The summed E-state index contributed by atoms with van der Waals surface area (Å²) in [4.78, 5) is 12.2. The molecule has 0 saturated heterocycles. The molecule has 0 unspecified atom stereocenters. The molecule has 2 rings (SSSR count). The van der Waals surface area contributed by atoms with Gasteiger partial charge in [0.25, 0.3) is 0 Å². The molecular formula is C21H31BrO3. The Kier molecular flexibility index (Phi) is 6.72. The Bertz CT molecular complexity index is 569. The summed E-state index contributed by atoms with van der Waals surface area (Å²) in [7, 11) is 0. The van der Waals surface area contributed by atoms with Crippen LogP contribution in [0.2, 0.25) is 0 Å². The molecule has 4 heteroatoms. The summed E-state index contributed by atoms with van der Waals surface area (Å²) < 4.78 is 13.2. The SMILES string of the molecule is CCC(C)(C)C(=O)OC1CCC(OC(C)(C)c2ccc(Br)cc2)CC1. The van der Waals surface area contributed by atoms with E-state index >= 15 is 0 Å². The fraction of sp³-hybridized carbons (Fsp3) is 0.667. The topological polar surface area (TPSA) is 35.5 Å².